The second-order valence-corrected chi connectivity index (χ2v) is 23.6. The van der Waals surface area contributed by atoms with Crippen molar-refractivity contribution in [2.24, 2.45) is 35.5 Å². The van der Waals surface area contributed by atoms with E-state index in [1.54, 1.807) is 54.9 Å². The number of methoxy groups -OCH3 is 3. The number of cyclic esters (lactones) is 1. The molecule has 2 saturated heterocycles. The highest BCUT2D eigenvalue weighted by molar-refractivity contribution is 7.53. The number of aliphatic hydroxyl groups is 2. The van der Waals surface area contributed by atoms with Gasteiger partial charge >= 0.3 is 13.6 Å². The van der Waals surface area contributed by atoms with Gasteiger partial charge in [-0.2, -0.15) is 0 Å². The summed E-state index contributed by atoms with van der Waals surface area (Å²) in [5.74, 6) is -8.28. The Labute approximate surface area is 429 Å². The smallest absolute Gasteiger partial charge is 0.329 e. The number of ketones is 3. The maximum absolute atomic E-state index is 14.5. The van der Waals surface area contributed by atoms with Gasteiger partial charge < -0.3 is 47.8 Å². The third-order valence-corrected chi connectivity index (χ3v) is 16.6. The lowest BCUT2D eigenvalue weighted by Crippen LogP contribution is -2.61. The average molecular weight is 1030 g/mol. The fraction of sp³-hybridized carbons (Fsp3) is 0.764. The minimum atomic E-state index is -3.37. The van der Waals surface area contributed by atoms with Gasteiger partial charge in [-0.1, -0.05) is 71.1 Å². The zero-order valence-electron chi connectivity index (χ0n) is 45.4. The number of piperidine rings is 1. The first kappa shape index (κ1) is 61.4. The Morgan fingerprint density at radius 2 is 1.56 bits per heavy atom. The van der Waals surface area contributed by atoms with E-state index in [9.17, 15) is 38.8 Å². The monoisotopic (exact) mass is 1030 g/mol. The first-order chi connectivity index (χ1) is 33.9. The molecular weight excluding hydrogens is 946 g/mol. The van der Waals surface area contributed by atoms with Crippen molar-refractivity contribution in [3.63, 3.8) is 0 Å². The van der Waals surface area contributed by atoms with Crippen LogP contribution < -0.4 is 0 Å². The molecule has 16 atom stereocenters. The number of nitrogens with zero attached hydrogens (tertiary/aromatic N) is 1. The summed E-state index contributed by atoms with van der Waals surface area (Å²) in [7, 11) is 1.15. The number of hydrogen-bond donors (Lipinski definition) is 2. The Balaban J connectivity index is 1.70. The number of aliphatic hydroxyl groups excluding tert-OH is 1. The molecule has 0 aromatic carbocycles. The number of hydrogen-bond acceptors (Lipinski definition) is 15. The van der Waals surface area contributed by atoms with E-state index in [2.05, 4.69) is 0 Å². The molecule has 0 aromatic rings. The van der Waals surface area contributed by atoms with Crippen LogP contribution in [0.3, 0.4) is 0 Å². The summed E-state index contributed by atoms with van der Waals surface area (Å²) in [6.45, 7) is 17.7. The van der Waals surface area contributed by atoms with E-state index < -0.39 is 103 Å². The second kappa shape index (κ2) is 28.1. The van der Waals surface area contributed by atoms with E-state index in [0.717, 1.165) is 5.57 Å². The highest BCUT2D eigenvalue weighted by Crippen LogP contribution is 2.49. The number of amides is 1. The summed E-state index contributed by atoms with van der Waals surface area (Å²) in [5.41, 5.74) is 1.24. The summed E-state index contributed by atoms with van der Waals surface area (Å²) >= 11 is 0. The number of fused-ring (bicyclic) bond motifs is 3. The molecule has 17 heteroatoms. The SMILES string of the molecule is CO[C@H]1C[C@@H]2CC[C@@H](C)[C@@](O)(O2)C(=O)C(=O)N2CCCCC2C(=O)O[C@H]([C@H](C)C[C@@H]2CC[C@@H](OP(C)(=O)OC(C)C)[C@H](OC)C2)CC(=O)[C@H](C)/C=C(\C)[C@@H](O)[C@@H](OC)C(=O)[C@H](C)C[C@H](C)/C=C/C=C/C=C/1C. The molecule has 1 amide bonds. The third-order valence-electron chi connectivity index (χ3n) is 15.2. The van der Waals surface area contributed by atoms with Crippen LogP contribution in [0, 0.1) is 35.5 Å². The Morgan fingerprint density at radius 3 is 2.21 bits per heavy atom. The van der Waals surface area contributed by atoms with Crippen LogP contribution in [0.25, 0.3) is 0 Å². The van der Waals surface area contributed by atoms with Crippen LogP contribution in [-0.4, -0.2) is 140 Å². The molecule has 0 spiro atoms. The fourth-order valence-corrected chi connectivity index (χ4v) is 12.4. The predicted molar refractivity (Wildman–Crippen MR) is 274 cm³/mol. The normalized spacial score (nSPS) is 38.6. The lowest BCUT2D eigenvalue weighted by molar-refractivity contribution is -0.265. The van der Waals surface area contributed by atoms with Crippen molar-refractivity contribution in [2.75, 3.05) is 34.5 Å². The van der Waals surface area contributed by atoms with Crippen LogP contribution in [0.15, 0.2) is 47.6 Å². The first-order valence-corrected chi connectivity index (χ1v) is 28.3. The third kappa shape index (κ3) is 16.9. The molecule has 1 aliphatic carbocycles. The van der Waals surface area contributed by atoms with Crippen LogP contribution in [-0.2, 0) is 61.3 Å². The van der Waals surface area contributed by atoms with E-state index in [1.165, 1.54) is 18.7 Å². The van der Waals surface area contributed by atoms with Crippen LogP contribution in [0.5, 0.6) is 0 Å². The van der Waals surface area contributed by atoms with Gasteiger partial charge in [0.25, 0.3) is 11.7 Å². The van der Waals surface area contributed by atoms with Crippen LogP contribution in [0.4, 0.5) is 0 Å². The Kier molecular flexibility index (Phi) is 23.9. The lowest BCUT2D eigenvalue weighted by atomic mass is 9.78. The van der Waals surface area contributed by atoms with Gasteiger partial charge in [0.2, 0.25) is 5.79 Å². The molecule has 16 nitrogen and oxygen atoms in total. The number of rotatable bonds is 10. The van der Waals surface area contributed by atoms with Gasteiger partial charge in [0.15, 0.2) is 5.78 Å². The molecule has 4 aliphatic rings. The molecule has 1 saturated carbocycles. The zero-order valence-corrected chi connectivity index (χ0v) is 46.3. The standard InChI is InChI=1S/C55H88NO15P/c1-33(2)70-72(13,64)71-45-25-23-41(30-48(45)66-11)29-37(6)47-32-44(57)36(5)28-39(8)50(59)51(67-12)49(58)38(7)27-34(3)19-15-14-16-20-35(4)46(65-10)31-42-24-22-40(9)55(63,69-42)52(60)53(61)56-26-18-17-21-43(56)54(62)68-47/h14-16,19-20,28,33-34,36-38,40-43,45-48,50-51,59,63H,17-18,21-27,29-32H2,1-13H3/b16-14+,19-15+,35-20+,39-28+/t34-,36-,37-,38-,40-,41+,42+,43?,45-,46+,47+,48-,50-,51+,55-,72?/m1/s1. The Hall–Kier alpha value is -3.18. The first-order valence-electron chi connectivity index (χ1n) is 26.3. The van der Waals surface area contributed by atoms with E-state index in [-0.39, 0.29) is 48.9 Å². The van der Waals surface area contributed by atoms with Crippen LogP contribution in [0.1, 0.15) is 139 Å². The van der Waals surface area contributed by atoms with Gasteiger partial charge in [0.05, 0.1) is 30.5 Å². The van der Waals surface area contributed by atoms with E-state index >= 15 is 0 Å². The molecule has 3 aliphatic heterocycles. The van der Waals surface area contributed by atoms with Gasteiger partial charge in [0.1, 0.15) is 30.1 Å². The molecule has 3 fully saturated rings. The summed E-state index contributed by atoms with van der Waals surface area (Å²) in [5, 5.41) is 23.5. The van der Waals surface area contributed by atoms with Crippen LogP contribution in [0.2, 0.25) is 0 Å². The minimum Gasteiger partial charge on any atom is -0.460 e. The highest BCUT2D eigenvalue weighted by Gasteiger charge is 2.53. The number of allylic oxidation sites excluding steroid dienone is 6. The maximum Gasteiger partial charge on any atom is 0.329 e. The molecule has 3 heterocycles. The molecular formula is C55H88NO15P. The van der Waals surface area contributed by atoms with E-state index in [1.807, 2.05) is 58.1 Å². The van der Waals surface area contributed by atoms with Gasteiger partial charge in [-0.15, -0.1) is 0 Å². The Morgan fingerprint density at radius 1 is 0.847 bits per heavy atom. The summed E-state index contributed by atoms with van der Waals surface area (Å²) in [6, 6.07) is -1.17. The van der Waals surface area contributed by atoms with Crippen LogP contribution >= 0.6 is 7.60 Å². The Bertz CT molecular complexity index is 2020. The van der Waals surface area contributed by atoms with Crippen molar-refractivity contribution < 1.29 is 71.5 Å². The maximum atomic E-state index is 14.5. The van der Waals surface area contributed by atoms with Crippen molar-refractivity contribution in [2.45, 2.75) is 200 Å². The van der Waals surface area contributed by atoms with Gasteiger partial charge in [-0.25, -0.2) is 4.79 Å². The van der Waals surface area contributed by atoms with Crippen molar-refractivity contribution in [3.8, 4) is 0 Å². The quantitative estimate of drug-likeness (QED) is 0.0910. The number of esters is 1. The molecule has 4 rings (SSSR count). The summed E-state index contributed by atoms with van der Waals surface area (Å²) in [6.07, 6.45) is 10.5. The molecule has 408 valence electrons. The molecule has 0 radical (unpaired) electrons. The molecule has 0 aromatic heterocycles. The van der Waals surface area contributed by atoms with Gasteiger partial charge in [-0.05, 0) is 121 Å². The lowest BCUT2D eigenvalue weighted by Gasteiger charge is -2.42. The van der Waals surface area contributed by atoms with Crippen molar-refractivity contribution in [1.29, 1.82) is 0 Å². The van der Waals surface area contributed by atoms with Crippen molar-refractivity contribution >= 4 is 36.8 Å². The van der Waals surface area contributed by atoms with Gasteiger partial charge in [0, 0.05) is 65.1 Å². The topological polar surface area (TPSA) is 211 Å². The molecule has 2 N–H and O–H groups in total. The van der Waals surface area contributed by atoms with Gasteiger partial charge in [-0.3, -0.25) is 23.7 Å². The van der Waals surface area contributed by atoms with E-state index in [4.69, 9.17) is 32.7 Å². The molecule has 2 unspecified atom stereocenters. The fourth-order valence-electron chi connectivity index (χ4n) is 10.9. The number of ether oxygens (including phenoxy) is 5. The highest BCUT2D eigenvalue weighted by atomic mass is 31.2. The van der Waals surface area contributed by atoms with E-state index in [0.29, 0.717) is 69.8 Å². The molecule has 2 bridgehead atoms. The minimum absolute atomic E-state index is 0.00576. The summed E-state index contributed by atoms with van der Waals surface area (Å²) < 4.78 is 54.6. The number of carbonyl (C=O) groups is 5. The predicted octanol–water partition coefficient (Wildman–Crippen LogP) is 8.45. The zero-order chi connectivity index (χ0) is 53.7. The second-order valence-electron chi connectivity index (χ2n) is 21.6. The van der Waals surface area contributed by atoms with Crippen molar-refractivity contribution in [3.05, 3.63) is 47.6 Å². The average Bonchev–Trinajstić information content (AvgIpc) is 3.32. The number of carbonyl (C=O) groups excluding carboxylic acids is 5. The van der Waals surface area contributed by atoms with Crippen molar-refractivity contribution in [1.82, 2.24) is 4.90 Å². The summed E-state index contributed by atoms with van der Waals surface area (Å²) in [4.78, 5) is 72.5. The number of Topliss-reactive ketones (excluding diaryl/α,β-unsaturated/α-hetero) is 3. The molecule has 72 heavy (non-hydrogen) atoms. The largest absolute Gasteiger partial charge is 0.460 e.